The minimum atomic E-state index is 0.548. The molecule has 0 amide bonds. The number of piperidine rings is 1. The topological polar surface area (TPSA) is 21.3 Å². The van der Waals surface area contributed by atoms with Gasteiger partial charge in [0.05, 0.1) is 6.61 Å². The van der Waals surface area contributed by atoms with Crippen LogP contribution in [0.25, 0.3) is 10.8 Å². The highest BCUT2D eigenvalue weighted by Crippen LogP contribution is 2.42. The highest BCUT2D eigenvalue weighted by Gasteiger charge is 2.42. The predicted molar refractivity (Wildman–Crippen MR) is 105 cm³/mol. The normalized spacial score (nSPS) is 28.3. The predicted octanol–water partition coefficient (Wildman–Crippen LogP) is 5.20. The van der Waals surface area contributed by atoms with Gasteiger partial charge < -0.3 is 10.1 Å². The van der Waals surface area contributed by atoms with Crippen molar-refractivity contribution in [1.29, 1.82) is 0 Å². The van der Waals surface area contributed by atoms with Gasteiger partial charge in [0.15, 0.2) is 0 Å². The highest BCUT2D eigenvalue weighted by molar-refractivity contribution is 7.08. The summed E-state index contributed by atoms with van der Waals surface area (Å²) < 4.78 is 6.40. The van der Waals surface area contributed by atoms with Crippen LogP contribution in [0.15, 0.2) is 59.3 Å². The Balaban J connectivity index is 1.41. The lowest BCUT2D eigenvalue weighted by Crippen LogP contribution is -2.46. The van der Waals surface area contributed by atoms with Gasteiger partial charge in [0.1, 0.15) is 5.75 Å². The van der Waals surface area contributed by atoms with Gasteiger partial charge in [0, 0.05) is 23.4 Å². The zero-order chi connectivity index (χ0) is 16.6. The van der Waals surface area contributed by atoms with Crippen LogP contribution in [-0.2, 0) is 0 Å². The number of fused-ring (bicyclic) bond motifs is 3. The van der Waals surface area contributed by atoms with Gasteiger partial charge in [-0.15, -0.1) is 0 Å². The summed E-state index contributed by atoms with van der Waals surface area (Å²) in [5.74, 6) is 2.19. The van der Waals surface area contributed by atoms with E-state index in [1.165, 1.54) is 35.6 Å². The van der Waals surface area contributed by atoms with E-state index in [9.17, 15) is 0 Å². The molecule has 2 aliphatic rings. The maximum Gasteiger partial charge on any atom is 0.127 e. The Morgan fingerprint density at radius 2 is 1.96 bits per heavy atom. The number of ether oxygens (including phenoxy) is 1. The summed E-state index contributed by atoms with van der Waals surface area (Å²) in [6.07, 6.45) is 3.85. The van der Waals surface area contributed by atoms with Crippen molar-refractivity contribution in [2.45, 2.75) is 37.3 Å². The van der Waals surface area contributed by atoms with Crippen LogP contribution in [-0.4, -0.2) is 18.7 Å². The van der Waals surface area contributed by atoms with E-state index in [1.807, 2.05) is 11.3 Å². The van der Waals surface area contributed by atoms with Crippen LogP contribution < -0.4 is 10.1 Å². The lowest BCUT2D eigenvalue weighted by molar-refractivity contribution is 0.160. The molecule has 128 valence electrons. The molecule has 3 heteroatoms. The zero-order valence-electron chi connectivity index (χ0n) is 14.2. The van der Waals surface area contributed by atoms with Crippen LogP contribution in [0.3, 0.4) is 0 Å². The van der Waals surface area contributed by atoms with Gasteiger partial charge in [0.2, 0.25) is 0 Å². The number of hydrogen-bond acceptors (Lipinski definition) is 3. The third-order valence-electron chi connectivity index (χ3n) is 6.00. The smallest absolute Gasteiger partial charge is 0.127 e. The summed E-state index contributed by atoms with van der Waals surface area (Å²) in [7, 11) is 0. The first-order chi connectivity index (χ1) is 12.4. The van der Waals surface area contributed by atoms with E-state index in [4.69, 9.17) is 4.74 Å². The van der Waals surface area contributed by atoms with E-state index in [-0.39, 0.29) is 0 Å². The maximum atomic E-state index is 6.40. The molecule has 2 aromatic carbocycles. The van der Waals surface area contributed by atoms with E-state index in [0.717, 1.165) is 12.4 Å². The Morgan fingerprint density at radius 3 is 2.88 bits per heavy atom. The fraction of sp³-hybridized carbons (Fsp3) is 0.364. The average Bonchev–Trinajstić information content (AvgIpc) is 3.31. The SMILES string of the molecule is c1ccc2c(OCC3C4CCC(CC3c3ccsc3)N4)cccc2c1. The molecule has 5 rings (SSSR count). The van der Waals surface area contributed by atoms with Crippen molar-refractivity contribution in [3.05, 3.63) is 64.9 Å². The quantitative estimate of drug-likeness (QED) is 0.698. The fourth-order valence-corrected chi connectivity index (χ4v) is 5.47. The highest BCUT2D eigenvalue weighted by atomic mass is 32.1. The van der Waals surface area contributed by atoms with E-state index >= 15 is 0 Å². The van der Waals surface area contributed by atoms with E-state index in [2.05, 4.69) is 64.6 Å². The first kappa shape index (κ1) is 15.4. The molecule has 2 nitrogen and oxygen atoms in total. The monoisotopic (exact) mass is 349 g/mol. The summed E-state index contributed by atoms with van der Waals surface area (Å²) in [5, 5.41) is 10.8. The standard InChI is InChI=1S/C22H23NOS/c1-2-6-18-15(4-1)5-3-7-22(18)24-13-20-19(16-10-11-25-14-16)12-17-8-9-21(20)23-17/h1-7,10-11,14,17,19-21,23H,8-9,12-13H2. The Labute approximate surface area is 152 Å². The zero-order valence-corrected chi connectivity index (χ0v) is 15.0. The van der Waals surface area contributed by atoms with Crippen molar-refractivity contribution in [3.63, 3.8) is 0 Å². The molecule has 1 N–H and O–H groups in total. The van der Waals surface area contributed by atoms with Gasteiger partial charge in [-0.25, -0.2) is 0 Å². The van der Waals surface area contributed by atoms with Gasteiger partial charge in [0.25, 0.3) is 0 Å². The summed E-state index contributed by atoms with van der Waals surface area (Å²) in [6.45, 7) is 0.791. The van der Waals surface area contributed by atoms with Gasteiger partial charge in [-0.3, -0.25) is 0 Å². The largest absolute Gasteiger partial charge is 0.493 e. The lowest BCUT2D eigenvalue weighted by Gasteiger charge is -2.37. The van der Waals surface area contributed by atoms with E-state index < -0.39 is 0 Å². The first-order valence-corrected chi connectivity index (χ1v) is 10.2. The van der Waals surface area contributed by atoms with Crippen LogP contribution in [0.5, 0.6) is 5.75 Å². The molecule has 0 spiro atoms. The molecule has 1 aromatic heterocycles. The van der Waals surface area contributed by atoms with Crippen LogP contribution >= 0.6 is 11.3 Å². The molecule has 4 atom stereocenters. The second kappa shape index (κ2) is 6.47. The molecule has 2 aliphatic heterocycles. The van der Waals surface area contributed by atoms with Crippen molar-refractivity contribution in [1.82, 2.24) is 5.32 Å². The summed E-state index contributed by atoms with van der Waals surface area (Å²) in [6, 6.07) is 18.4. The summed E-state index contributed by atoms with van der Waals surface area (Å²) in [5.41, 5.74) is 1.51. The molecule has 2 bridgehead atoms. The first-order valence-electron chi connectivity index (χ1n) is 9.27. The van der Waals surface area contributed by atoms with Crippen molar-refractivity contribution in [2.24, 2.45) is 5.92 Å². The van der Waals surface area contributed by atoms with Crippen molar-refractivity contribution >= 4 is 22.1 Å². The molecule has 0 radical (unpaired) electrons. The van der Waals surface area contributed by atoms with Gasteiger partial charge >= 0.3 is 0 Å². The van der Waals surface area contributed by atoms with Gasteiger partial charge in [-0.05, 0) is 59.0 Å². The minimum Gasteiger partial charge on any atom is -0.493 e. The molecule has 0 saturated carbocycles. The summed E-state index contributed by atoms with van der Waals surface area (Å²) >= 11 is 1.81. The lowest BCUT2D eigenvalue weighted by atomic mass is 9.78. The molecule has 4 unspecified atom stereocenters. The summed E-state index contributed by atoms with van der Waals surface area (Å²) in [4.78, 5) is 0. The van der Waals surface area contributed by atoms with E-state index in [1.54, 1.807) is 0 Å². The molecular formula is C22H23NOS. The molecule has 3 aromatic rings. The van der Waals surface area contributed by atoms with Crippen molar-refractivity contribution in [2.75, 3.05) is 6.61 Å². The Morgan fingerprint density at radius 1 is 1.04 bits per heavy atom. The maximum absolute atomic E-state index is 6.40. The molecular weight excluding hydrogens is 326 g/mol. The van der Waals surface area contributed by atoms with E-state index in [0.29, 0.717) is 23.9 Å². The molecule has 3 heterocycles. The second-order valence-electron chi connectivity index (χ2n) is 7.40. The third-order valence-corrected chi connectivity index (χ3v) is 6.70. The number of thiophene rings is 1. The average molecular weight is 349 g/mol. The van der Waals surface area contributed by atoms with Crippen LogP contribution in [0.2, 0.25) is 0 Å². The number of nitrogens with one attached hydrogen (secondary N) is 1. The Kier molecular flexibility index (Phi) is 3.99. The molecule has 0 aliphatic carbocycles. The van der Waals surface area contributed by atoms with Crippen molar-refractivity contribution in [3.8, 4) is 5.75 Å². The number of benzene rings is 2. The Bertz CT molecular complexity index is 854. The second-order valence-corrected chi connectivity index (χ2v) is 8.18. The fourth-order valence-electron chi connectivity index (χ4n) is 4.74. The van der Waals surface area contributed by atoms with Crippen LogP contribution in [0.4, 0.5) is 0 Å². The van der Waals surface area contributed by atoms with Crippen molar-refractivity contribution < 1.29 is 4.74 Å². The van der Waals surface area contributed by atoms with Gasteiger partial charge in [-0.1, -0.05) is 36.4 Å². The minimum absolute atomic E-state index is 0.548. The Hall–Kier alpha value is -1.84. The van der Waals surface area contributed by atoms with Crippen LogP contribution in [0.1, 0.15) is 30.7 Å². The molecule has 25 heavy (non-hydrogen) atoms. The van der Waals surface area contributed by atoms with Crippen LogP contribution in [0, 0.1) is 5.92 Å². The van der Waals surface area contributed by atoms with Gasteiger partial charge in [-0.2, -0.15) is 11.3 Å². The number of rotatable bonds is 4. The number of hydrogen-bond donors (Lipinski definition) is 1. The third kappa shape index (κ3) is 2.86. The molecule has 2 fully saturated rings. The molecule has 2 saturated heterocycles.